The molecule has 1 amide bonds. The van der Waals surface area contributed by atoms with Gasteiger partial charge in [0.15, 0.2) is 0 Å². The molecule has 0 bridgehead atoms. The number of hydrogen-bond acceptors (Lipinski definition) is 4. The molecule has 1 aliphatic heterocycles. The van der Waals surface area contributed by atoms with Crippen molar-refractivity contribution < 1.29 is 9.53 Å². The summed E-state index contributed by atoms with van der Waals surface area (Å²) in [5.74, 6) is 0.420. The second kappa shape index (κ2) is 8.49. The molecule has 6 nitrogen and oxygen atoms in total. The number of nitrogens with one attached hydrogen (secondary N) is 1. The van der Waals surface area contributed by atoms with E-state index in [1.807, 2.05) is 50.2 Å². The van der Waals surface area contributed by atoms with E-state index in [1.165, 1.54) is 5.56 Å². The number of nitrogens with zero attached hydrogens (tertiary/aromatic N) is 3. The molecule has 1 aromatic carbocycles. The van der Waals surface area contributed by atoms with Gasteiger partial charge in [-0.05, 0) is 37.6 Å². The van der Waals surface area contributed by atoms with Crippen LogP contribution in [0.4, 0.5) is 11.5 Å². The Morgan fingerprint density at radius 3 is 2.55 bits per heavy atom. The van der Waals surface area contributed by atoms with Crippen LogP contribution in [-0.4, -0.2) is 41.8 Å². The molecule has 2 aromatic heterocycles. The van der Waals surface area contributed by atoms with Gasteiger partial charge in [0.25, 0.3) is 5.91 Å². The van der Waals surface area contributed by atoms with Crippen molar-refractivity contribution in [3.05, 3.63) is 77.2 Å². The Kier molecular flexibility index (Phi) is 5.62. The summed E-state index contributed by atoms with van der Waals surface area (Å²) in [7, 11) is 0. The number of ether oxygens (including phenoxy) is 1. The summed E-state index contributed by atoms with van der Waals surface area (Å²) >= 11 is 0. The van der Waals surface area contributed by atoms with Crippen LogP contribution in [-0.2, 0) is 11.3 Å². The Bertz CT molecular complexity index is 974. The summed E-state index contributed by atoms with van der Waals surface area (Å²) in [4.78, 5) is 19.5. The third kappa shape index (κ3) is 4.32. The molecule has 6 heteroatoms. The van der Waals surface area contributed by atoms with Gasteiger partial charge in [0.1, 0.15) is 5.82 Å². The average molecular weight is 390 g/mol. The van der Waals surface area contributed by atoms with E-state index in [2.05, 4.69) is 31.9 Å². The van der Waals surface area contributed by atoms with Crippen LogP contribution in [0.25, 0.3) is 0 Å². The maximum Gasteiger partial charge on any atom is 0.258 e. The number of anilines is 2. The van der Waals surface area contributed by atoms with Gasteiger partial charge < -0.3 is 19.5 Å². The highest BCUT2D eigenvalue weighted by Gasteiger charge is 2.17. The summed E-state index contributed by atoms with van der Waals surface area (Å²) < 4.78 is 7.55. The third-order valence-corrected chi connectivity index (χ3v) is 5.37. The molecule has 1 aliphatic rings. The monoisotopic (exact) mass is 390 g/mol. The molecule has 0 saturated carbocycles. The Hall–Kier alpha value is -3.12. The molecule has 3 aromatic rings. The number of carbonyl (C=O) groups excluding carboxylic acids is 1. The van der Waals surface area contributed by atoms with Gasteiger partial charge in [0.2, 0.25) is 0 Å². The number of hydrogen-bond donors (Lipinski definition) is 1. The van der Waals surface area contributed by atoms with E-state index in [-0.39, 0.29) is 5.91 Å². The number of carbonyl (C=O) groups is 1. The maximum atomic E-state index is 12.8. The summed E-state index contributed by atoms with van der Waals surface area (Å²) in [6.45, 7) is 7.95. The number of amides is 1. The van der Waals surface area contributed by atoms with Gasteiger partial charge in [-0.2, -0.15) is 0 Å². The van der Waals surface area contributed by atoms with Crippen molar-refractivity contribution in [1.29, 1.82) is 0 Å². The number of benzene rings is 1. The van der Waals surface area contributed by atoms with Gasteiger partial charge in [-0.25, -0.2) is 4.98 Å². The van der Waals surface area contributed by atoms with Gasteiger partial charge in [-0.15, -0.1) is 0 Å². The predicted molar refractivity (Wildman–Crippen MR) is 115 cm³/mol. The molecule has 1 N–H and O–H groups in total. The van der Waals surface area contributed by atoms with Crippen LogP contribution < -0.4 is 10.2 Å². The fourth-order valence-electron chi connectivity index (χ4n) is 3.69. The van der Waals surface area contributed by atoms with Crippen molar-refractivity contribution in [2.75, 3.05) is 36.5 Å². The van der Waals surface area contributed by atoms with Gasteiger partial charge in [0.05, 0.1) is 30.7 Å². The quantitative estimate of drug-likeness (QED) is 0.723. The largest absolute Gasteiger partial charge is 0.378 e. The molecule has 150 valence electrons. The third-order valence-electron chi connectivity index (χ3n) is 5.37. The average Bonchev–Trinajstić information content (AvgIpc) is 3.04. The van der Waals surface area contributed by atoms with Crippen molar-refractivity contribution in [2.45, 2.75) is 20.4 Å². The van der Waals surface area contributed by atoms with Crippen LogP contribution in [0.3, 0.4) is 0 Å². The maximum absolute atomic E-state index is 12.8. The second-order valence-electron chi connectivity index (χ2n) is 7.31. The molecule has 1 saturated heterocycles. The van der Waals surface area contributed by atoms with Crippen molar-refractivity contribution in [1.82, 2.24) is 9.55 Å². The Labute approximate surface area is 171 Å². The number of rotatable bonds is 5. The summed E-state index contributed by atoms with van der Waals surface area (Å²) in [5.41, 5.74) is 4.95. The number of aryl methyl sites for hydroxylation is 1. The second-order valence-corrected chi connectivity index (χ2v) is 7.31. The molecular formula is C23H26N4O2. The van der Waals surface area contributed by atoms with E-state index in [0.29, 0.717) is 11.4 Å². The van der Waals surface area contributed by atoms with Crippen molar-refractivity contribution in [3.63, 3.8) is 0 Å². The zero-order valence-electron chi connectivity index (χ0n) is 16.9. The highest BCUT2D eigenvalue weighted by Crippen LogP contribution is 2.20. The van der Waals surface area contributed by atoms with E-state index < -0.39 is 0 Å². The molecule has 3 heterocycles. The molecule has 0 aliphatic carbocycles. The molecule has 0 radical (unpaired) electrons. The molecule has 29 heavy (non-hydrogen) atoms. The topological polar surface area (TPSA) is 59.4 Å². The van der Waals surface area contributed by atoms with Crippen LogP contribution in [0.15, 0.2) is 54.7 Å². The first-order valence-corrected chi connectivity index (χ1v) is 9.92. The lowest BCUT2D eigenvalue weighted by atomic mass is 10.2. The lowest BCUT2D eigenvalue weighted by Crippen LogP contribution is -2.36. The Morgan fingerprint density at radius 1 is 1.10 bits per heavy atom. The van der Waals surface area contributed by atoms with Crippen molar-refractivity contribution >= 4 is 17.4 Å². The first-order chi connectivity index (χ1) is 14.1. The molecule has 4 rings (SSSR count). The zero-order valence-corrected chi connectivity index (χ0v) is 16.9. The highest BCUT2D eigenvalue weighted by atomic mass is 16.5. The van der Waals surface area contributed by atoms with Crippen LogP contribution >= 0.6 is 0 Å². The minimum absolute atomic E-state index is 0.135. The Morgan fingerprint density at radius 2 is 1.86 bits per heavy atom. The van der Waals surface area contributed by atoms with E-state index in [9.17, 15) is 4.79 Å². The number of morpholine rings is 1. The molecule has 0 unspecified atom stereocenters. The summed E-state index contributed by atoms with van der Waals surface area (Å²) in [5, 5.41) is 2.93. The van der Waals surface area contributed by atoms with Crippen molar-refractivity contribution in [3.8, 4) is 0 Å². The smallest absolute Gasteiger partial charge is 0.258 e. The van der Waals surface area contributed by atoms with Crippen LogP contribution in [0.5, 0.6) is 0 Å². The van der Waals surface area contributed by atoms with E-state index in [4.69, 9.17) is 4.74 Å². The molecular weight excluding hydrogens is 364 g/mol. The SMILES string of the molecule is Cc1cc(C(=O)Nc2ccc(N3CCOCC3)cn2)c(C)n1Cc1ccccc1. The molecule has 0 atom stereocenters. The highest BCUT2D eigenvalue weighted by molar-refractivity contribution is 6.04. The molecule has 0 spiro atoms. The minimum Gasteiger partial charge on any atom is -0.378 e. The lowest BCUT2D eigenvalue weighted by Gasteiger charge is -2.28. The first-order valence-electron chi connectivity index (χ1n) is 9.92. The van der Waals surface area contributed by atoms with Crippen LogP contribution in [0, 0.1) is 13.8 Å². The van der Waals surface area contributed by atoms with E-state index in [1.54, 1.807) is 6.20 Å². The van der Waals surface area contributed by atoms with E-state index >= 15 is 0 Å². The van der Waals surface area contributed by atoms with Crippen LogP contribution in [0.2, 0.25) is 0 Å². The fraction of sp³-hybridized carbons (Fsp3) is 0.304. The first kappa shape index (κ1) is 19.2. The lowest BCUT2D eigenvalue weighted by molar-refractivity contribution is 0.102. The van der Waals surface area contributed by atoms with Crippen molar-refractivity contribution in [2.24, 2.45) is 0 Å². The zero-order chi connectivity index (χ0) is 20.2. The fourth-order valence-corrected chi connectivity index (χ4v) is 3.69. The summed E-state index contributed by atoms with van der Waals surface area (Å²) in [6.07, 6.45) is 1.81. The minimum atomic E-state index is -0.135. The normalized spacial score (nSPS) is 14.1. The predicted octanol–water partition coefficient (Wildman–Crippen LogP) is 3.64. The van der Waals surface area contributed by atoms with Gasteiger partial charge in [0, 0.05) is 31.0 Å². The van der Waals surface area contributed by atoms with E-state index in [0.717, 1.165) is 49.9 Å². The standard InChI is InChI=1S/C23H26N4O2/c1-17-14-21(18(2)27(17)16-19-6-4-3-5-7-19)23(28)25-22-9-8-20(15-24-22)26-10-12-29-13-11-26/h3-9,14-15H,10-13,16H2,1-2H3,(H,24,25,28). The van der Waals surface area contributed by atoms with Gasteiger partial charge >= 0.3 is 0 Å². The van der Waals surface area contributed by atoms with Gasteiger partial charge in [-0.3, -0.25) is 4.79 Å². The van der Waals surface area contributed by atoms with Crippen LogP contribution in [0.1, 0.15) is 27.3 Å². The van der Waals surface area contributed by atoms with Gasteiger partial charge in [-0.1, -0.05) is 30.3 Å². The number of pyridine rings is 1. The Balaban J connectivity index is 1.46. The molecule has 1 fully saturated rings. The summed E-state index contributed by atoms with van der Waals surface area (Å²) in [6, 6.07) is 16.0. The number of aromatic nitrogens is 2.